The largest absolute Gasteiger partial charge is 0.457 e. The fraction of sp³-hybridized carbons (Fsp3) is 0.405. The number of carbonyl (C=O) groups is 1. The van der Waals surface area contributed by atoms with Crippen molar-refractivity contribution in [2.75, 3.05) is 23.7 Å². The molecule has 4 aromatic carbocycles. The summed E-state index contributed by atoms with van der Waals surface area (Å²) in [6.45, 7) is 11.5. The van der Waals surface area contributed by atoms with Crippen molar-refractivity contribution in [1.29, 1.82) is 0 Å². The van der Waals surface area contributed by atoms with Gasteiger partial charge in [0.2, 0.25) is 0 Å². The van der Waals surface area contributed by atoms with Gasteiger partial charge in [0.15, 0.2) is 6.29 Å². The number of para-hydroxylation sites is 1. The van der Waals surface area contributed by atoms with Crippen molar-refractivity contribution in [2.45, 2.75) is 78.1 Å². The zero-order valence-electron chi connectivity index (χ0n) is 29.5. The number of amides is 2. The van der Waals surface area contributed by atoms with Crippen molar-refractivity contribution in [3.63, 3.8) is 0 Å². The highest BCUT2D eigenvalue weighted by Crippen LogP contribution is 2.53. The summed E-state index contributed by atoms with van der Waals surface area (Å²) in [4.78, 5) is 15.5. The third-order valence-corrected chi connectivity index (χ3v) is 10.6. The van der Waals surface area contributed by atoms with Gasteiger partial charge < -0.3 is 30.0 Å². The summed E-state index contributed by atoms with van der Waals surface area (Å²) < 4.78 is 19.4. The molecule has 0 aromatic heterocycles. The number of likely N-dealkylation sites (tertiary alicyclic amines) is 1. The molecule has 262 valence electrons. The molecule has 2 amide bonds. The maximum absolute atomic E-state index is 12.9. The third kappa shape index (κ3) is 7.89. The average molecular weight is 676 g/mol. The number of benzene rings is 4. The molecule has 3 fully saturated rings. The number of fused-ring (bicyclic) bond motifs is 2. The van der Waals surface area contributed by atoms with Gasteiger partial charge in [-0.3, -0.25) is 4.90 Å². The minimum atomic E-state index is -0.563. The van der Waals surface area contributed by atoms with Crippen LogP contribution in [0.25, 0.3) is 0 Å². The normalized spacial score (nSPS) is 27.4. The van der Waals surface area contributed by atoms with Crippen LogP contribution in [0.2, 0.25) is 0 Å². The number of rotatable bonds is 9. The summed E-state index contributed by atoms with van der Waals surface area (Å²) in [6.07, 6.45) is 2.95. The number of nitrogens with zero attached hydrogens (tertiary/aromatic N) is 1. The van der Waals surface area contributed by atoms with E-state index in [0.29, 0.717) is 34.0 Å². The summed E-state index contributed by atoms with van der Waals surface area (Å²) in [7, 11) is 0. The first-order chi connectivity index (χ1) is 24.0. The van der Waals surface area contributed by atoms with E-state index in [9.17, 15) is 9.90 Å². The Bertz CT molecular complexity index is 1750. The van der Waals surface area contributed by atoms with Crippen molar-refractivity contribution in [1.82, 2.24) is 4.90 Å². The van der Waals surface area contributed by atoms with E-state index in [-0.39, 0.29) is 30.8 Å². The lowest BCUT2D eigenvalue weighted by molar-refractivity contribution is -0.276. The fourth-order valence-electron chi connectivity index (χ4n) is 8.60. The molecule has 0 radical (unpaired) electrons. The first kappa shape index (κ1) is 34.2. The molecule has 1 saturated carbocycles. The number of carbonyl (C=O) groups excluding carboxylic acids is 1. The molecule has 6 atom stereocenters. The standard InChI is InChI=1S/C42H49N3O5/c1-28-37(24-45-27-42(4)23-34(45)22-41(2,3)26-42)49-39(50-38(28)30-12-10-29(25-46)11-13-30)31-14-16-32(17-15-31)43-40(47)44-33-18-20-36(21-19-33)48-35-8-6-5-7-9-35/h5-21,28,34,37-39,46H,22-27H2,1-4H3,(H2,43,44,47). The quantitative estimate of drug-likeness (QED) is 0.164. The summed E-state index contributed by atoms with van der Waals surface area (Å²) >= 11 is 0. The Hall–Kier alpha value is -4.21. The molecule has 1 aliphatic carbocycles. The zero-order valence-corrected chi connectivity index (χ0v) is 29.5. The van der Waals surface area contributed by atoms with Crippen LogP contribution in [0.5, 0.6) is 11.5 Å². The fourth-order valence-corrected chi connectivity index (χ4v) is 8.60. The van der Waals surface area contributed by atoms with E-state index in [0.717, 1.165) is 35.5 Å². The van der Waals surface area contributed by atoms with Crippen LogP contribution < -0.4 is 15.4 Å². The first-order valence-corrected chi connectivity index (χ1v) is 17.8. The minimum absolute atomic E-state index is 0.00951. The molecule has 2 bridgehead atoms. The molecule has 8 heteroatoms. The Morgan fingerprint density at radius 1 is 0.820 bits per heavy atom. The predicted molar refractivity (Wildman–Crippen MR) is 196 cm³/mol. The van der Waals surface area contributed by atoms with Crippen molar-refractivity contribution in [3.8, 4) is 11.5 Å². The van der Waals surface area contributed by atoms with E-state index in [2.05, 4.69) is 55.4 Å². The van der Waals surface area contributed by atoms with Crippen LogP contribution in [-0.2, 0) is 16.1 Å². The molecule has 50 heavy (non-hydrogen) atoms. The molecule has 3 aliphatic rings. The number of aliphatic hydroxyl groups is 1. The topological polar surface area (TPSA) is 92.3 Å². The smallest absolute Gasteiger partial charge is 0.323 e. The highest BCUT2D eigenvalue weighted by Gasteiger charge is 2.51. The van der Waals surface area contributed by atoms with E-state index in [1.807, 2.05) is 78.9 Å². The number of ether oxygens (including phenoxy) is 3. The number of anilines is 2. The summed E-state index contributed by atoms with van der Waals surface area (Å²) in [5, 5.41) is 15.4. The van der Waals surface area contributed by atoms with Gasteiger partial charge in [0, 0.05) is 42.0 Å². The first-order valence-electron chi connectivity index (χ1n) is 17.8. The molecule has 2 saturated heterocycles. The maximum atomic E-state index is 12.9. The molecule has 3 N–H and O–H groups in total. The number of hydrogen-bond acceptors (Lipinski definition) is 6. The minimum Gasteiger partial charge on any atom is -0.457 e. The summed E-state index contributed by atoms with van der Waals surface area (Å²) in [5.74, 6) is 1.56. The number of urea groups is 1. The predicted octanol–water partition coefficient (Wildman–Crippen LogP) is 9.31. The van der Waals surface area contributed by atoms with Gasteiger partial charge in [-0.15, -0.1) is 0 Å². The van der Waals surface area contributed by atoms with Crippen LogP contribution in [0.3, 0.4) is 0 Å². The maximum Gasteiger partial charge on any atom is 0.323 e. The van der Waals surface area contributed by atoms with Crippen molar-refractivity contribution in [3.05, 3.63) is 120 Å². The van der Waals surface area contributed by atoms with Crippen LogP contribution in [0.1, 0.15) is 76.0 Å². The molecular weight excluding hydrogens is 626 g/mol. The molecular formula is C42H49N3O5. The number of hydrogen-bond donors (Lipinski definition) is 3. The molecule has 8 nitrogen and oxygen atoms in total. The summed E-state index contributed by atoms with van der Waals surface area (Å²) in [5.41, 5.74) is 4.86. The van der Waals surface area contributed by atoms with E-state index >= 15 is 0 Å². The van der Waals surface area contributed by atoms with Gasteiger partial charge in [-0.1, -0.05) is 82.3 Å². The lowest BCUT2D eigenvalue weighted by Crippen LogP contribution is -2.46. The van der Waals surface area contributed by atoms with Crippen LogP contribution in [0, 0.1) is 16.7 Å². The monoisotopic (exact) mass is 675 g/mol. The molecule has 4 aromatic rings. The Morgan fingerprint density at radius 3 is 2.10 bits per heavy atom. The zero-order chi connectivity index (χ0) is 34.9. The van der Waals surface area contributed by atoms with E-state index in [1.54, 1.807) is 12.1 Å². The van der Waals surface area contributed by atoms with Gasteiger partial charge in [-0.2, -0.15) is 0 Å². The van der Waals surface area contributed by atoms with E-state index < -0.39 is 6.29 Å². The second kappa shape index (κ2) is 14.2. The van der Waals surface area contributed by atoms with Gasteiger partial charge in [-0.05, 0) is 89.8 Å². The van der Waals surface area contributed by atoms with Crippen molar-refractivity contribution >= 4 is 17.4 Å². The Kier molecular flexibility index (Phi) is 9.72. The van der Waals surface area contributed by atoms with Gasteiger partial charge in [0.1, 0.15) is 11.5 Å². The number of nitrogens with one attached hydrogen (secondary N) is 2. The van der Waals surface area contributed by atoms with Crippen LogP contribution in [-0.4, -0.2) is 41.3 Å². The van der Waals surface area contributed by atoms with Crippen LogP contribution in [0.15, 0.2) is 103 Å². The Morgan fingerprint density at radius 2 is 1.44 bits per heavy atom. The highest BCUT2D eigenvalue weighted by molar-refractivity contribution is 5.99. The molecule has 2 aliphatic heterocycles. The lowest BCUT2D eigenvalue weighted by atomic mass is 9.65. The van der Waals surface area contributed by atoms with Crippen molar-refractivity contribution < 1.29 is 24.1 Å². The van der Waals surface area contributed by atoms with E-state index in [4.69, 9.17) is 14.2 Å². The van der Waals surface area contributed by atoms with Crippen LogP contribution in [0.4, 0.5) is 16.2 Å². The van der Waals surface area contributed by atoms with Gasteiger partial charge in [-0.25, -0.2) is 4.79 Å². The SMILES string of the molecule is CC1C(CN2CC3(C)CC2CC(C)(C)C3)OC(c2ccc(NC(=O)Nc3ccc(Oc4ccccc4)cc3)cc2)OC1c1ccc(CO)cc1. The van der Waals surface area contributed by atoms with Crippen molar-refractivity contribution in [2.24, 2.45) is 16.7 Å². The lowest BCUT2D eigenvalue weighted by Gasteiger charge is -2.43. The van der Waals surface area contributed by atoms with Gasteiger partial charge in [0.25, 0.3) is 0 Å². The summed E-state index contributed by atoms with van der Waals surface area (Å²) in [6, 6.07) is 32.8. The second-order valence-corrected chi connectivity index (χ2v) is 15.6. The number of aliphatic hydroxyl groups excluding tert-OH is 1. The van der Waals surface area contributed by atoms with Crippen LogP contribution >= 0.6 is 0 Å². The highest BCUT2D eigenvalue weighted by atomic mass is 16.7. The second-order valence-electron chi connectivity index (χ2n) is 15.6. The Labute approximate surface area is 295 Å². The molecule has 6 unspecified atom stereocenters. The van der Waals surface area contributed by atoms with Gasteiger partial charge in [0.05, 0.1) is 18.8 Å². The van der Waals surface area contributed by atoms with Gasteiger partial charge >= 0.3 is 6.03 Å². The average Bonchev–Trinajstić information content (AvgIpc) is 3.34. The Balaban J connectivity index is 1.02. The molecule has 2 heterocycles. The molecule has 0 spiro atoms. The van der Waals surface area contributed by atoms with E-state index in [1.165, 1.54) is 19.3 Å². The third-order valence-electron chi connectivity index (χ3n) is 10.6. The molecule has 7 rings (SSSR count).